The van der Waals surface area contributed by atoms with Gasteiger partial charge >= 0.3 is 6.09 Å². The normalized spacial score (nSPS) is 12.0. The van der Waals surface area contributed by atoms with Gasteiger partial charge in [0, 0.05) is 36.3 Å². The summed E-state index contributed by atoms with van der Waals surface area (Å²) in [7, 11) is -2.47. The molecule has 0 atom stereocenters. The van der Waals surface area contributed by atoms with Gasteiger partial charge in [-0.2, -0.15) is 10.2 Å². The molecule has 270 valence electrons. The van der Waals surface area contributed by atoms with Crippen molar-refractivity contribution in [3.63, 3.8) is 0 Å². The molecule has 0 bridgehead atoms. The summed E-state index contributed by atoms with van der Waals surface area (Å²) in [5.74, 6) is -0.177. The average molecular weight is 726 g/mol. The van der Waals surface area contributed by atoms with Gasteiger partial charge in [0.15, 0.2) is 8.87 Å². The zero-order chi connectivity index (χ0) is 37.2. The first kappa shape index (κ1) is 40.0. The molecule has 0 aliphatic heterocycles. The van der Waals surface area contributed by atoms with Gasteiger partial charge in [-0.05, 0) is 109 Å². The quantitative estimate of drug-likeness (QED) is 0.110. The Balaban J connectivity index is 1.64. The van der Waals surface area contributed by atoms with Gasteiger partial charge in [-0.3, -0.25) is 14.5 Å². The number of ether oxygens (including phenoxy) is 1. The second-order valence-electron chi connectivity index (χ2n) is 13.4. The third-order valence-corrected chi connectivity index (χ3v) is 9.63. The third kappa shape index (κ3) is 13.5. The molecule has 0 saturated heterocycles. The zero-order valence-electron chi connectivity index (χ0n) is 29.8. The maximum absolute atomic E-state index is 13.2. The predicted octanol–water partition coefficient (Wildman–Crippen LogP) is 8.45. The number of aromatic hydroxyl groups is 1. The van der Waals surface area contributed by atoms with Gasteiger partial charge in [0.25, 0.3) is 0 Å². The monoisotopic (exact) mass is 725 g/mol. The molecule has 0 saturated carbocycles. The fraction of sp³-hybridized carbons (Fsp3) is 0.417. The topological polar surface area (TPSA) is 167 Å². The van der Waals surface area contributed by atoms with Crippen molar-refractivity contribution in [1.82, 2.24) is 4.90 Å². The van der Waals surface area contributed by atoms with Gasteiger partial charge in [0.05, 0.1) is 11.4 Å². The number of benzene rings is 3. The van der Waals surface area contributed by atoms with Crippen LogP contribution in [0.5, 0.6) is 5.75 Å². The van der Waals surface area contributed by atoms with Crippen molar-refractivity contribution >= 4 is 60.3 Å². The molecule has 50 heavy (non-hydrogen) atoms. The fourth-order valence-electron chi connectivity index (χ4n) is 4.67. The Morgan fingerprint density at radius 2 is 1.30 bits per heavy atom. The van der Waals surface area contributed by atoms with Crippen LogP contribution < -0.4 is 10.6 Å². The lowest BCUT2D eigenvalue weighted by Gasteiger charge is -2.28. The molecule has 3 rings (SSSR count). The highest BCUT2D eigenvalue weighted by atomic mass is 33.1. The van der Waals surface area contributed by atoms with Crippen molar-refractivity contribution in [1.29, 1.82) is 0 Å². The molecule has 0 aliphatic rings. The molecular weight excluding hydrogens is 679 g/mol. The summed E-state index contributed by atoms with van der Waals surface area (Å²) in [6.07, 6.45) is 0.536. The summed E-state index contributed by atoms with van der Waals surface area (Å²) in [5, 5.41) is 24.8. The van der Waals surface area contributed by atoms with Crippen LogP contribution >= 0.6 is 10.8 Å². The summed E-state index contributed by atoms with van der Waals surface area (Å²) in [6, 6.07) is 17.2. The summed E-state index contributed by atoms with van der Waals surface area (Å²) < 4.78 is 28.0. The number of anilines is 2. The third-order valence-electron chi connectivity index (χ3n) is 7.04. The van der Waals surface area contributed by atoms with E-state index in [1.54, 1.807) is 69.3 Å². The van der Waals surface area contributed by atoms with Crippen LogP contribution in [0.1, 0.15) is 83.4 Å². The standard InChI is InChI=1S/C36H47N5O7S2/c1-23(2)30-19-25(20-31(24(3)4)34(30)44)21-41(35(45)48-36(5,6)7)22-33(43)38-27-11-15-29(16-12-27)40-39-28-13-9-26(10-14-28)37-32(42)17-18-49-50(8,46)47/h9-16,19-20,23-24,44H,17-18,21-22H2,1-8H3,(H,37,42)(H,38,43). The van der Waals surface area contributed by atoms with Crippen LogP contribution in [0.25, 0.3) is 0 Å². The number of carbonyl (C=O) groups is 3. The Morgan fingerprint density at radius 3 is 1.72 bits per heavy atom. The van der Waals surface area contributed by atoms with Crippen molar-refractivity contribution in [3.05, 3.63) is 77.4 Å². The molecule has 0 aliphatic carbocycles. The lowest BCUT2D eigenvalue weighted by Crippen LogP contribution is -2.41. The van der Waals surface area contributed by atoms with Crippen LogP contribution in [0.4, 0.5) is 27.5 Å². The highest BCUT2D eigenvalue weighted by Gasteiger charge is 2.26. The summed E-state index contributed by atoms with van der Waals surface area (Å²) in [6.45, 7) is 13.1. The molecular formula is C36H47N5O7S2. The lowest BCUT2D eigenvalue weighted by molar-refractivity contribution is -0.117. The number of phenolic OH excluding ortho intramolecular Hbond substituents is 1. The second-order valence-corrected chi connectivity index (χ2v) is 18.0. The van der Waals surface area contributed by atoms with E-state index in [0.29, 0.717) is 22.7 Å². The van der Waals surface area contributed by atoms with Crippen molar-refractivity contribution < 1.29 is 32.6 Å². The van der Waals surface area contributed by atoms with E-state index in [1.807, 2.05) is 39.8 Å². The van der Waals surface area contributed by atoms with Crippen molar-refractivity contribution in [2.75, 3.05) is 29.2 Å². The smallest absolute Gasteiger partial charge is 0.411 e. The Labute approximate surface area is 298 Å². The van der Waals surface area contributed by atoms with Crippen molar-refractivity contribution in [2.45, 2.75) is 78.9 Å². The molecule has 0 spiro atoms. The van der Waals surface area contributed by atoms with Gasteiger partial charge in [0.2, 0.25) is 11.8 Å². The molecule has 0 heterocycles. The Hall–Kier alpha value is -4.43. The van der Waals surface area contributed by atoms with Crippen LogP contribution in [-0.2, 0) is 29.7 Å². The lowest BCUT2D eigenvalue weighted by atomic mass is 9.91. The minimum Gasteiger partial charge on any atom is -0.507 e. The highest BCUT2D eigenvalue weighted by molar-refractivity contribution is 8.71. The first-order valence-electron chi connectivity index (χ1n) is 16.2. The van der Waals surface area contributed by atoms with Crippen LogP contribution in [0.15, 0.2) is 70.9 Å². The maximum atomic E-state index is 13.2. The van der Waals surface area contributed by atoms with E-state index in [1.165, 1.54) is 4.90 Å². The maximum Gasteiger partial charge on any atom is 0.411 e. The van der Waals surface area contributed by atoms with E-state index in [4.69, 9.17) is 4.74 Å². The SMILES string of the molecule is CC(C)c1cc(CN(CC(=O)Nc2ccc(N=Nc3ccc(NC(=O)CCSS(C)(=O)=O)cc3)cc2)C(=O)OC(C)(C)C)cc(C(C)C)c1O. The van der Waals surface area contributed by atoms with E-state index in [2.05, 4.69) is 20.9 Å². The molecule has 3 aromatic carbocycles. The molecule has 0 aromatic heterocycles. The number of rotatable bonds is 14. The molecule has 0 unspecified atom stereocenters. The Bertz CT molecular complexity index is 1760. The van der Waals surface area contributed by atoms with E-state index in [9.17, 15) is 27.9 Å². The number of hydrogen-bond donors (Lipinski definition) is 3. The second kappa shape index (κ2) is 17.5. The van der Waals surface area contributed by atoms with E-state index in [-0.39, 0.29) is 48.8 Å². The first-order valence-corrected chi connectivity index (χ1v) is 19.6. The molecule has 14 heteroatoms. The molecule has 12 nitrogen and oxygen atoms in total. The van der Waals surface area contributed by atoms with E-state index < -0.39 is 26.5 Å². The Morgan fingerprint density at radius 1 is 0.840 bits per heavy atom. The van der Waals surface area contributed by atoms with Crippen LogP contribution in [0.2, 0.25) is 0 Å². The molecule has 0 radical (unpaired) electrons. The number of nitrogens with zero attached hydrogens (tertiary/aromatic N) is 3. The number of nitrogens with one attached hydrogen (secondary N) is 2. The zero-order valence-corrected chi connectivity index (χ0v) is 31.4. The number of hydrogen-bond acceptors (Lipinski definition) is 10. The molecule has 3 aromatic rings. The number of azo groups is 1. The van der Waals surface area contributed by atoms with E-state index >= 15 is 0 Å². The van der Waals surface area contributed by atoms with Crippen LogP contribution in [0.3, 0.4) is 0 Å². The van der Waals surface area contributed by atoms with Gasteiger partial charge < -0.3 is 20.5 Å². The summed E-state index contributed by atoms with van der Waals surface area (Å²) in [5.41, 5.74) is 3.70. The summed E-state index contributed by atoms with van der Waals surface area (Å²) >= 11 is 0. The van der Waals surface area contributed by atoms with Crippen molar-refractivity contribution in [2.24, 2.45) is 10.2 Å². The molecule has 3 amide bonds. The van der Waals surface area contributed by atoms with Gasteiger partial charge in [-0.15, -0.1) is 0 Å². The summed E-state index contributed by atoms with van der Waals surface area (Å²) in [4.78, 5) is 39.8. The fourth-order valence-corrected chi connectivity index (χ4v) is 6.40. The average Bonchev–Trinajstić information content (AvgIpc) is 3.00. The molecule has 3 N–H and O–H groups in total. The number of carbonyl (C=O) groups excluding carboxylic acids is 3. The van der Waals surface area contributed by atoms with Gasteiger partial charge in [-0.1, -0.05) is 39.8 Å². The number of phenols is 1. The minimum absolute atomic E-state index is 0.0557. The van der Waals surface area contributed by atoms with E-state index in [0.717, 1.165) is 33.7 Å². The minimum atomic E-state index is -3.19. The first-order chi connectivity index (χ1) is 23.3. The van der Waals surface area contributed by atoms with Gasteiger partial charge in [-0.25, -0.2) is 13.2 Å². The highest BCUT2D eigenvalue weighted by Crippen LogP contribution is 2.35. The largest absolute Gasteiger partial charge is 0.507 e. The van der Waals surface area contributed by atoms with Crippen LogP contribution in [-0.4, -0.2) is 60.5 Å². The predicted molar refractivity (Wildman–Crippen MR) is 199 cm³/mol. The van der Waals surface area contributed by atoms with Crippen molar-refractivity contribution in [3.8, 4) is 5.75 Å². The van der Waals surface area contributed by atoms with Gasteiger partial charge in [0.1, 0.15) is 17.9 Å². The Kier molecular flexibility index (Phi) is 14.0. The van der Waals surface area contributed by atoms with Crippen LogP contribution in [0, 0.1) is 0 Å². The number of amides is 3. The molecule has 0 fully saturated rings.